The summed E-state index contributed by atoms with van der Waals surface area (Å²) in [7, 11) is 3.75. The molecule has 1 aliphatic heterocycles. The number of benzene rings is 1. The lowest BCUT2D eigenvalue weighted by molar-refractivity contribution is 0.0157. The number of amides is 1. The molecule has 1 unspecified atom stereocenters. The van der Waals surface area contributed by atoms with Crippen molar-refractivity contribution in [1.82, 2.24) is 9.80 Å². The molecule has 1 aromatic rings. The van der Waals surface area contributed by atoms with E-state index in [4.69, 9.17) is 14.2 Å². The fraction of sp³-hybridized carbons (Fsp3) is 0.696. The Bertz CT molecular complexity index is 589. The summed E-state index contributed by atoms with van der Waals surface area (Å²) in [5.74, 6) is 0.816. The average Bonchev–Trinajstić information content (AvgIpc) is 2.73. The molecule has 1 atom stereocenters. The van der Waals surface area contributed by atoms with E-state index in [2.05, 4.69) is 29.1 Å². The highest BCUT2D eigenvalue weighted by Gasteiger charge is 2.21. The molecule has 1 heterocycles. The van der Waals surface area contributed by atoms with Gasteiger partial charge in [0, 0.05) is 45.5 Å². The van der Waals surface area contributed by atoms with Crippen LogP contribution in [0.2, 0.25) is 0 Å². The van der Waals surface area contributed by atoms with E-state index < -0.39 is 6.09 Å². The van der Waals surface area contributed by atoms with Gasteiger partial charge in [-0.15, -0.1) is 0 Å². The molecule has 0 bridgehead atoms. The standard InChI is InChI=1S/C23H39N3O4/c1-4-5-6-7-8-17-29-21-11-9-20(10-12-21)24-23(27)30-22(19-28-3)18-26-15-13-25(2)14-16-26/h9-12,22H,4-8,13-19H2,1-3H3,(H,24,27). The van der Waals surface area contributed by atoms with E-state index in [9.17, 15) is 4.79 Å². The molecule has 0 aromatic heterocycles. The molecule has 0 spiro atoms. The summed E-state index contributed by atoms with van der Waals surface area (Å²) in [6.45, 7) is 8.00. The maximum Gasteiger partial charge on any atom is 0.412 e. The monoisotopic (exact) mass is 421 g/mol. The predicted octanol–water partition coefficient (Wildman–Crippen LogP) is 3.85. The van der Waals surface area contributed by atoms with Crippen molar-refractivity contribution in [2.45, 2.75) is 45.1 Å². The lowest BCUT2D eigenvalue weighted by Gasteiger charge is -2.34. The first-order valence-corrected chi connectivity index (χ1v) is 11.2. The topological polar surface area (TPSA) is 63.3 Å². The van der Waals surface area contributed by atoms with Gasteiger partial charge < -0.3 is 19.1 Å². The zero-order valence-electron chi connectivity index (χ0n) is 18.9. The number of carbonyl (C=O) groups excluding carboxylic acids is 1. The molecule has 0 aliphatic carbocycles. The van der Waals surface area contributed by atoms with Crippen molar-refractivity contribution in [3.63, 3.8) is 0 Å². The minimum Gasteiger partial charge on any atom is -0.494 e. The summed E-state index contributed by atoms with van der Waals surface area (Å²) < 4.78 is 16.6. The number of piperazine rings is 1. The van der Waals surface area contributed by atoms with Crippen molar-refractivity contribution >= 4 is 11.8 Å². The van der Waals surface area contributed by atoms with Crippen LogP contribution in [-0.4, -0.2) is 82.1 Å². The molecule has 0 radical (unpaired) electrons. The SMILES string of the molecule is CCCCCCCOc1ccc(NC(=O)OC(COC)CN2CCN(C)CC2)cc1. The molecular weight excluding hydrogens is 382 g/mol. The van der Waals surface area contributed by atoms with Crippen LogP contribution >= 0.6 is 0 Å². The number of nitrogens with zero attached hydrogens (tertiary/aromatic N) is 2. The molecule has 2 rings (SSSR count). The maximum atomic E-state index is 12.3. The van der Waals surface area contributed by atoms with E-state index in [0.717, 1.165) is 45.0 Å². The fourth-order valence-electron chi connectivity index (χ4n) is 3.46. The highest BCUT2D eigenvalue weighted by atomic mass is 16.6. The summed E-state index contributed by atoms with van der Waals surface area (Å²) in [5, 5.41) is 2.79. The Morgan fingerprint density at radius 1 is 1.07 bits per heavy atom. The van der Waals surface area contributed by atoms with Crippen LogP contribution in [0.1, 0.15) is 39.0 Å². The second-order valence-corrected chi connectivity index (χ2v) is 8.00. The first-order valence-electron chi connectivity index (χ1n) is 11.2. The first kappa shape index (κ1) is 24.4. The number of anilines is 1. The van der Waals surface area contributed by atoms with Crippen molar-refractivity contribution in [2.75, 3.05) is 65.4 Å². The molecule has 1 saturated heterocycles. The number of hydrogen-bond acceptors (Lipinski definition) is 6. The summed E-state index contributed by atoms with van der Waals surface area (Å²) in [6.07, 6.45) is 5.32. The third-order valence-electron chi connectivity index (χ3n) is 5.30. The summed E-state index contributed by atoms with van der Waals surface area (Å²) in [5.41, 5.74) is 0.686. The van der Waals surface area contributed by atoms with E-state index in [-0.39, 0.29) is 6.10 Å². The van der Waals surface area contributed by atoms with E-state index in [1.165, 1.54) is 25.7 Å². The van der Waals surface area contributed by atoms with E-state index in [0.29, 0.717) is 18.8 Å². The molecule has 7 heteroatoms. The number of unbranched alkanes of at least 4 members (excludes halogenated alkanes) is 4. The maximum absolute atomic E-state index is 12.3. The third kappa shape index (κ3) is 9.78. The fourth-order valence-corrected chi connectivity index (χ4v) is 3.46. The summed E-state index contributed by atoms with van der Waals surface area (Å²) in [4.78, 5) is 16.9. The number of rotatable bonds is 13. The van der Waals surface area contributed by atoms with Gasteiger partial charge in [-0.1, -0.05) is 32.6 Å². The number of carbonyl (C=O) groups is 1. The molecule has 30 heavy (non-hydrogen) atoms. The number of nitrogens with one attached hydrogen (secondary N) is 1. The normalized spacial score (nSPS) is 16.2. The van der Waals surface area contributed by atoms with Gasteiger partial charge in [0.15, 0.2) is 0 Å². The lowest BCUT2D eigenvalue weighted by Crippen LogP contribution is -2.48. The smallest absolute Gasteiger partial charge is 0.412 e. The molecule has 1 fully saturated rings. The van der Waals surface area contributed by atoms with Gasteiger partial charge >= 0.3 is 6.09 Å². The van der Waals surface area contributed by atoms with Crippen LogP contribution in [0.25, 0.3) is 0 Å². The van der Waals surface area contributed by atoms with E-state index in [1.807, 2.05) is 24.3 Å². The predicted molar refractivity (Wildman–Crippen MR) is 120 cm³/mol. The Morgan fingerprint density at radius 3 is 2.43 bits per heavy atom. The van der Waals surface area contributed by atoms with E-state index >= 15 is 0 Å². The molecule has 0 saturated carbocycles. The van der Waals surface area contributed by atoms with Gasteiger partial charge in [-0.2, -0.15) is 0 Å². The Balaban J connectivity index is 1.71. The molecule has 7 nitrogen and oxygen atoms in total. The summed E-state index contributed by atoms with van der Waals surface area (Å²) >= 11 is 0. The Kier molecular flexibility index (Phi) is 11.6. The van der Waals surface area contributed by atoms with Crippen molar-refractivity contribution in [3.05, 3.63) is 24.3 Å². The second-order valence-electron chi connectivity index (χ2n) is 8.00. The minimum absolute atomic E-state index is 0.297. The van der Waals surface area contributed by atoms with Gasteiger partial charge in [0.2, 0.25) is 0 Å². The highest BCUT2D eigenvalue weighted by molar-refractivity contribution is 5.84. The van der Waals surface area contributed by atoms with E-state index in [1.54, 1.807) is 7.11 Å². The van der Waals surface area contributed by atoms with Gasteiger partial charge in [0.1, 0.15) is 11.9 Å². The highest BCUT2D eigenvalue weighted by Crippen LogP contribution is 2.17. The van der Waals surface area contributed by atoms with Gasteiger partial charge in [0.05, 0.1) is 13.2 Å². The Hall–Kier alpha value is -1.83. The average molecular weight is 422 g/mol. The van der Waals surface area contributed by atoms with Crippen LogP contribution in [-0.2, 0) is 9.47 Å². The molecule has 170 valence electrons. The number of hydrogen-bond donors (Lipinski definition) is 1. The quantitative estimate of drug-likeness (QED) is 0.488. The molecule has 1 aliphatic rings. The number of methoxy groups -OCH3 is 1. The van der Waals surface area contributed by atoms with Gasteiger partial charge in [-0.3, -0.25) is 10.2 Å². The van der Waals surface area contributed by atoms with Crippen molar-refractivity contribution < 1.29 is 19.0 Å². The second kappa shape index (κ2) is 14.2. The van der Waals surface area contributed by atoms with Gasteiger partial charge in [-0.05, 0) is 37.7 Å². The number of likely N-dealkylation sites (N-methyl/N-ethyl adjacent to an activating group) is 1. The van der Waals surface area contributed by atoms with Crippen LogP contribution in [0.15, 0.2) is 24.3 Å². The zero-order chi connectivity index (χ0) is 21.6. The van der Waals surface area contributed by atoms with Crippen LogP contribution < -0.4 is 10.1 Å². The van der Waals surface area contributed by atoms with Crippen molar-refractivity contribution in [3.8, 4) is 5.75 Å². The molecule has 1 aromatic carbocycles. The van der Waals surface area contributed by atoms with Crippen LogP contribution in [0.4, 0.5) is 10.5 Å². The number of ether oxygens (including phenoxy) is 3. The van der Waals surface area contributed by atoms with Crippen LogP contribution in [0, 0.1) is 0 Å². The zero-order valence-corrected chi connectivity index (χ0v) is 18.9. The van der Waals surface area contributed by atoms with Crippen LogP contribution in [0.3, 0.4) is 0 Å². The van der Waals surface area contributed by atoms with Gasteiger partial charge in [0.25, 0.3) is 0 Å². The Labute approximate surface area is 181 Å². The minimum atomic E-state index is -0.462. The Morgan fingerprint density at radius 2 is 1.77 bits per heavy atom. The summed E-state index contributed by atoms with van der Waals surface area (Å²) in [6, 6.07) is 7.41. The lowest BCUT2D eigenvalue weighted by atomic mass is 10.2. The largest absolute Gasteiger partial charge is 0.494 e. The van der Waals surface area contributed by atoms with Gasteiger partial charge in [-0.25, -0.2) is 4.79 Å². The third-order valence-corrected chi connectivity index (χ3v) is 5.30. The van der Waals surface area contributed by atoms with Crippen LogP contribution in [0.5, 0.6) is 5.75 Å². The van der Waals surface area contributed by atoms with Crippen molar-refractivity contribution in [2.24, 2.45) is 0 Å². The first-order chi connectivity index (χ1) is 14.6. The molecule has 1 amide bonds. The molecule has 1 N–H and O–H groups in total. The molecular formula is C23H39N3O4. The van der Waals surface area contributed by atoms with Crippen molar-refractivity contribution in [1.29, 1.82) is 0 Å².